The maximum atomic E-state index is 11.2. The van der Waals surface area contributed by atoms with Crippen LogP contribution in [-0.4, -0.2) is 16.3 Å². The molecule has 1 N–H and O–H groups in total. The third kappa shape index (κ3) is 1.93. The summed E-state index contributed by atoms with van der Waals surface area (Å²) in [6.45, 7) is 0. The molecule has 2 aliphatic carbocycles. The van der Waals surface area contributed by atoms with E-state index in [-0.39, 0.29) is 10.8 Å². The average Bonchev–Trinajstić information content (AvgIpc) is 2.56. The van der Waals surface area contributed by atoms with Crippen LogP contribution >= 0.6 is 11.8 Å². The Balaban J connectivity index is 1.98. The van der Waals surface area contributed by atoms with Crippen LogP contribution in [0, 0.1) is 0 Å². The van der Waals surface area contributed by atoms with E-state index in [0.717, 1.165) is 23.3 Å². The molecule has 0 saturated carbocycles. The van der Waals surface area contributed by atoms with E-state index in [1.165, 1.54) is 0 Å². The SMILES string of the molecule is O=C(O)C1=CCCC2=C1OC=C1C=CC=CC1S2. The standard InChI is InChI=1S/C14H12O3S/c15-14(16)10-5-3-7-12-13(10)17-8-9-4-1-2-6-11(9)18-12/h1-2,4-6,8,11H,3,7H2,(H,15,16). The summed E-state index contributed by atoms with van der Waals surface area (Å²) in [5.74, 6) is -0.403. The van der Waals surface area contributed by atoms with E-state index in [9.17, 15) is 9.90 Å². The summed E-state index contributed by atoms with van der Waals surface area (Å²) >= 11 is 1.69. The second-order valence-electron chi connectivity index (χ2n) is 4.23. The monoisotopic (exact) mass is 260 g/mol. The fourth-order valence-corrected chi connectivity index (χ4v) is 3.41. The van der Waals surface area contributed by atoms with Crippen molar-refractivity contribution < 1.29 is 14.6 Å². The van der Waals surface area contributed by atoms with Crippen LogP contribution in [0.3, 0.4) is 0 Å². The molecule has 1 unspecified atom stereocenters. The number of carboxylic acids is 1. The minimum absolute atomic E-state index is 0.232. The van der Waals surface area contributed by atoms with E-state index in [4.69, 9.17) is 4.74 Å². The van der Waals surface area contributed by atoms with Gasteiger partial charge in [0.2, 0.25) is 0 Å². The summed E-state index contributed by atoms with van der Waals surface area (Å²) in [6, 6.07) is 0. The third-order valence-corrected chi connectivity index (χ3v) is 4.40. The zero-order chi connectivity index (χ0) is 12.5. The molecule has 92 valence electrons. The molecular weight excluding hydrogens is 248 g/mol. The molecule has 0 bridgehead atoms. The molecule has 0 aromatic carbocycles. The molecule has 0 aromatic rings. The van der Waals surface area contributed by atoms with Gasteiger partial charge in [0.25, 0.3) is 0 Å². The van der Waals surface area contributed by atoms with Crippen molar-refractivity contribution in [2.45, 2.75) is 18.1 Å². The molecule has 18 heavy (non-hydrogen) atoms. The molecule has 0 saturated heterocycles. The van der Waals surface area contributed by atoms with E-state index in [1.807, 2.05) is 18.2 Å². The lowest BCUT2D eigenvalue weighted by molar-refractivity contribution is -0.132. The highest BCUT2D eigenvalue weighted by molar-refractivity contribution is 8.04. The topological polar surface area (TPSA) is 46.5 Å². The molecule has 4 heteroatoms. The van der Waals surface area contributed by atoms with Gasteiger partial charge in [0.15, 0.2) is 0 Å². The van der Waals surface area contributed by atoms with Gasteiger partial charge in [0.1, 0.15) is 5.76 Å². The third-order valence-electron chi connectivity index (χ3n) is 3.04. The van der Waals surface area contributed by atoms with Gasteiger partial charge in [0, 0.05) is 10.5 Å². The van der Waals surface area contributed by atoms with E-state index in [2.05, 4.69) is 6.08 Å². The van der Waals surface area contributed by atoms with Crippen molar-refractivity contribution in [3.05, 3.63) is 58.5 Å². The van der Waals surface area contributed by atoms with Gasteiger partial charge in [-0.15, -0.1) is 11.8 Å². The van der Waals surface area contributed by atoms with Crippen molar-refractivity contribution in [3.8, 4) is 0 Å². The Morgan fingerprint density at radius 1 is 1.44 bits per heavy atom. The molecule has 0 aromatic heterocycles. The van der Waals surface area contributed by atoms with Crippen LogP contribution in [0.25, 0.3) is 0 Å². The number of rotatable bonds is 1. The minimum Gasteiger partial charge on any atom is -0.478 e. The molecule has 1 atom stereocenters. The first-order valence-corrected chi connectivity index (χ1v) is 6.69. The lowest BCUT2D eigenvalue weighted by Crippen LogP contribution is -2.10. The summed E-state index contributed by atoms with van der Waals surface area (Å²) in [5, 5.41) is 9.42. The molecule has 0 fully saturated rings. The summed E-state index contributed by atoms with van der Waals surface area (Å²) in [4.78, 5) is 12.2. The molecule has 0 spiro atoms. The maximum Gasteiger partial charge on any atom is 0.339 e. The van der Waals surface area contributed by atoms with Crippen molar-refractivity contribution in [1.29, 1.82) is 0 Å². The quantitative estimate of drug-likeness (QED) is 0.786. The summed E-state index contributed by atoms with van der Waals surface area (Å²) in [6.07, 6.45) is 13.1. The predicted octanol–water partition coefficient (Wildman–Crippen LogP) is 3.14. The van der Waals surface area contributed by atoms with Crippen molar-refractivity contribution in [3.63, 3.8) is 0 Å². The van der Waals surface area contributed by atoms with Crippen molar-refractivity contribution >= 4 is 17.7 Å². The Morgan fingerprint density at radius 3 is 3.17 bits per heavy atom. The highest BCUT2D eigenvalue weighted by Crippen LogP contribution is 2.42. The number of carbonyl (C=O) groups is 1. The first kappa shape index (κ1) is 11.4. The van der Waals surface area contributed by atoms with Gasteiger partial charge in [-0.2, -0.15) is 0 Å². The number of fused-ring (bicyclic) bond motifs is 1. The Bertz CT molecular complexity index is 549. The molecule has 1 heterocycles. The first-order chi connectivity index (χ1) is 8.75. The lowest BCUT2D eigenvalue weighted by Gasteiger charge is -2.18. The number of thioether (sulfide) groups is 1. The maximum absolute atomic E-state index is 11.2. The average molecular weight is 260 g/mol. The van der Waals surface area contributed by atoms with Crippen LogP contribution in [-0.2, 0) is 9.53 Å². The number of aliphatic carboxylic acids is 1. The van der Waals surface area contributed by atoms with Gasteiger partial charge < -0.3 is 9.84 Å². The Kier molecular flexibility index (Phi) is 2.88. The second kappa shape index (κ2) is 4.53. The number of carboxylic acid groups (broad SMARTS) is 1. The fourth-order valence-electron chi connectivity index (χ4n) is 2.16. The highest BCUT2D eigenvalue weighted by Gasteiger charge is 2.28. The predicted molar refractivity (Wildman–Crippen MR) is 70.8 cm³/mol. The molecule has 0 amide bonds. The van der Waals surface area contributed by atoms with Crippen LogP contribution in [0.1, 0.15) is 12.8 Å². The highest BCUT2D eigenvalue weighted by atomic mass is 32.2. The van der Waals surface area contributed by atoms with Gasteiger partial charge in [-0.25, -0.2) is 4.79 Å². The minimum atomic E-state index is -0.919. The van der Waals surface area contributed by atoms with E-state index >= 15 is 0 Å². The Hall–Kier alpha value is -1.68. The van der Waals surface area contributed by atoms with E-state index in [0.29, 0.717) is 5.76 Å². The van der Waals surface area contributed by atoms with Crippen molar-refractivity contribution in [2.75, 3.05) is 0 Å². The number of hydrogen-bond donors (Lipinski definition) is 1. The normalized spacial score (nSPS) is 25.4. The van der Waals surface area contributed by atoms with E-state index < -0.39 is 5.97 Å². The largest absolute Gasteiger partial charge is 0.478 e. The van der Waals surface area contributed by atoms with Crippen LogP contribution in [0.4, 0.5) is 0 Å². The van der Waals surface area contributed by atoms with Crippen LogP contribution in [0.15, 0.2) is 58.5 Å². The van der Waals surface area contributed by atoms with Crippen LogP contribution in [0.2, 0.25) is 0 Å². The lowest BCUT2D eigenvalue weighted by atomic mass is 10.1. The fraction of sp³-hybridized carbons (Fsp3) is 0.214. The molecule has 3 rings (SSSR count). The van der Waals surface area contributed by atoms with Crippen molar-refractivity contribution in [2.24, 2.45) is 0 Å². The van der Waals surface area contributed by atoms with Crippen LogP contribution in [0.5, 0.6) is 0 Å². The number of allylic oxidation sites excluding steroid dienone is 5. The Labute approximate surface area is 109 Å². The molecule has 1 aliphatic heterocycles. The van der Waals surface area contributed by atoms with Crippen LogP contribution < -0.4 is 0 Å². The summed E-state index contributed by atoms with van der Waals surface area (Å²) < 4.78 is 5.61. The van der Waals surface area contributed by atoms with Crippen molar-refractivity contribution in [1.82, 2.24) is 0 Å². The van der Waals surface area contributed by atoms with Gasteiger partial charge in [-0.05, 0) is 12.8 Å². The molecule has 3 aliphatic rings. The zero-order valence-electron chi connectivity index (χ0n) is 9.63. The number of ether oxygens (including phenoxy) is 1. The summed E-state index contributed by atoms with van der Waals surface area (Å²) in [7, 11) is 0. The molecule has 3 nitrogen and oxygen atoms in total. The van der Waals surface area contributed by atoms with Gasteiger partial charge in [0.05, 0.1) is 17.1 Å². The second-order valence-corrected chi connectivity index (χ2v) is 5.47. The first-order valence-electron chi connectivity index (χ1n) is 5.81. The van der Waals surface area contributed by atoms with E-state index in [1.54, 1.807) is 24.1 Å². The van der Waals surface area contributed by atoms with Gasteiger partial charge >= 0.3 is 5.97 Å². The smallest absolute Gasteiger partial charge is 0.339 e. The summed E-state index contributed by atoms with van der Waals surface area (Å²) in [5.41, 5.74) is 1.36. The zero-order valence-corrected chi connectivity index (χ0v) is 10.4. The molecule has 0 radical (unpaired) electrons. The van der Waals surface area contributed by atoms with Gasteiger partial charge in [-0.1, -0.05) is 30.4 Å². The van der Waals surface area contributed by atoms with Gasteiger partial charge in [-0.3, -0.25) is 0 Å². The number of hydrogen-bond acceptors (Lipinski definition) is 3. The molecular formula is C14H12O3S. The Morgan fingerprint density at radius 2 is 2.33 bits per heavy atom.